The monoisotopic (exact) mass is 316 g/mol. The van der Waals surface area contributed by atoms with Gasteiger partial charge in [-0.05, 0) is 47.2 Å². The molecule has 0 aromatic carbocycles. The van der Waals surface area contributed by atoms with Crippen LogP contribution in [0.3, 0.4) is 0 Å². The number of aromatic nitrogens is 1. The third-order valence-corrected chi connectivity index (χ3v) is 3.83. The van der Waals surface area contributed by atoms with E-state index in [1.165, 1.54) is 0 Å². The zero-order chi connectivity index (χ0) is 12.3. The first kappa shape index (κ1) is 12.8. The number of hydrogen-bond acceptors (Lipinski definition) is 2. The average Bonchev–Trinajstić information content (AvgIpc) is 2.72. The number of carbonyl (C=O) groups is 1. The van der Waals surface area contributed by atoms with Gasteiger partial charge in [-0.15, -0.1) is 11.6 Å². The average molecular weight is 318 g/mol. The Morgan fingerprint density at radius 1 is 1.53 bits per heavy atom. The van der Waals surface area contributed by atoms with Crippen LogP contribution in [0.4, 0.5) is 0 Å². The molecule has 1 fully saturated rings. The molecule has 1 heterocycles. The maximum atomic E-state index is 11.8. The lowest BCUT2D eigenvalue weighted by molar-refractivity contribution is 0.0947. The van der Waals surface area contributed by atoms with E-state index < -0.39 is 0 Å². The number of rotatable bonds is 3. The first-order valence-corrected chi connectivity index (χ1v) is 6.91. The van der Waals surface area contributed by atoms with Crippen LogP contribution in [0.5, 0.6) is 0 Å². The smallest absolute Gasteiger partial charge is 0.252 e. The number of hydrogen-bond donors (Lipinski definition) is 1. The van der Waals surface area contributed by atoms with Crippen molar-refractivity contribution in [2.24, 2.45) is 5.92 Å². The van der Waals surface area contributed by atoms with Crippen LogP contribution < -0.4 is 5.32 Å². The Hall–Kier alpha value is -0.610. The molecule has 2 atom stereocenters. The second-order valence-electron chi connectivity index (χ2n) is 4.38. The lowest BCUT2D eigenvalue weighted by Crippen LogP contribution is -2.28. The fraction of sp³-hybridized carbons (Fsp3) is 0.500. The summed E-state index contributed by atoms with van der Waals surface area (Å²) in [4.78, 5) is 15.8. The van der Waals surface area contributed by atoms with E-state index in [0.29, 0.717) is 18.0 Å². The van der Waals surface area contributed by atoms with E-state index in [4.69, 9.17) is 11.6 Å². The maximum Gasteiger partial charge on any atom is 0.252 e. The minimum Gasteiger partial charge on any atom is -0.352 e. The molecule has 1 aromatic heterocycles. The van der Waals surface area contributed by atoms with Crippen LogP contribution in [-0.4, -0.2) is 22.8 Å². The summed E-state index contributed by atoms with van der Waals surface area (Å²) < 4.78 is 0.812. The van der Waals surface area contributed by atoms with Gasteiger partial charge in [0.25, 0.3) is 5.91 Å². The first-order chi connectivity index (χ1) is 8.15. The van der Waals surface area contributed by atoms with Gasteiger partial charge in [0, 0.05) is 28.8 Å². The van der Waals surface area contributed by atoms with Gasteiger partial charge in [-0.1, -0.05) is 0 Å². The number of alkyl halides is 1. The number of nitrogens with zero attached hydrogens (tertiary/aromatic N) is 1. The molecule has 1 N–H and O–H groups in total. The summed E-state index contributed by atoms with van der Waals surface area (Å²) in [5.74, 6) is 0.443. The predicted molar refractivity (Wildman–Crippen MR) is 71.3 cm³/mol. The summed E-state index contributed by atoms with van der Waals surface area (Å²) in [7, 11) is 0. The molecule has 0 aliphatic heterocycles. The van der Waals surface area contributed by atoms with Gasteiger partial charge in [0.2, 0.25) is 0 Å². The Kier molecular flexibility index (Phi) is 4.40. The zero-order valence-corrected chi connectivity index (χ0v) is 11.7. The standard InChI is InChI=1S/C12H14BrClN2O/c13-10-4-9(6-15-7-10)12(17)16-5-8-1-2-11(14)3-8/h4,6-8,11H,1-3,5H2,(H,16,17). The Bertz CT molecular complexity index is 413. The molecule has 1 aromatic rings. The van der Waals surface area contributed by atoms with Crippen molar-refractivity contribution in [3.8, 4) is 0 Å². The van der Waals surface area contributed by atoms with Crippen molar-refractivity contribution in [3.05, 3.63) is 28.5 Å². The van der Waals surface area contributed by atoms with Crippen LogP contribution >= 0.6 is 27.5 Å². The highest BCUT2D eigenvalue weighted by atomic mass is 79.9. The summed E-state index contributed by atoms with van der Waals surface area (Å²) in [5, 5.41) is 3.21. The van der Waals surface area contributed by atoms with Crippen molar-refractivity contribution >= 4 is 33.4 Å². The van der Waals surface area contributed by atoms with Gasteiger partial charge in [0.15, 0.2) is 0 Å². The van der Waals surface area contributed by atoms with E-state index in [9.17, 15) is 4.79 Å². The van der Waals surface area contributed by atoms with Crippen molar-refractivity contribution in [2.75, 3.05) is 6.54 Å². The fourth-order valence-electron chi connectivity index (χ4n) is 2.07. The van der Waals surface area contributed by atoms with E-state index in [1.54, 1.807) is 18.5 Å². The van der Waals surface area contributed by atoms with E-state index >= 15 is 0 Å². The number of nitrogens with one attached hydrogen (secondary N) is 1. The Morgan fingerprint density at radius 2 is 2.35 bits per heavy atom. The molecular weight excluding hydrogens is 304 g/mol. The van der Waals surface area contributed by atoms with Crippen molar-refractivity contribution in [3.63, 3.8) is 0 Å². The van der Waals surface area contributed by atoms with Gasteiger partial charge in [0.05, 0.1) is 5.56 Å². The van der Waals surface area contributed by atoms with E-state index in [1.807, 2.05) is 0 Å². The number of amides is 1. The summed E-state index contributed by atoms with van der Waals surface area (Å²) in [6, 6.07) is 1.77. The molecule has 2 rings (SSSR count). The quantitative estimate of drug-likeness (QED) is 0.871. The highest BCUT2D eigenvalue weighted by molar-refractivity contribution is 9.10. The van der Waals surface area contributed by atoms with E-state index in [-0.39, 0.29) is 11.3 Å². The Balaban J connectivity index is 1.85. The molecular formula is C12H14BrClN2O. The van der Waals surface area contributed by atoms with Gasteiger partial charge in [-0.2, -0.15) is 0 Å². The molecule has 0 saturated heterocycles. The highest BCUT2D eigenvalue weighted by Gasteiger charge is 2.23. The molecule has 5 heteroatoms. The van der Waals surface area contributed by atoms with Crippen LogP contribution in [0, 0.1) is 5.92 Å². The van der Waals surface area contributed by atoms with Crippen LogP contribution in [-0.2, 0) is 0 Å². The molecule has 0 radical (unpaired) electrons. The number of pyridine rings is 1. The topological polar surface area (TPSA) is 42.0 Å². The van der Waals surface area contributed by atoms with Gasteiger partial charge in [-0.25, -0.2) is 0 Å². The Morgan fingerprint density at radius 3 is 3.00 bits per heavy atom. The van der Waals surface area contributed by atoms with E-state index in [2.05, 4.69) is 26.2 Å². The third kappa shape index (κ3) is 3.68. The summed E-state index contributed by atoms with van der Waals surface area (Å²) in [5.41, 5.74) is 0.583. The predicted octanol–water partition coefficient (Wildman–Crippen LogP) is 2.98. The summed E-state index contributed by atoms with van der Waals surface area (Å²) >= 11 is 9.33. The van der Waals surface area contributed by atoms with Crippen molar-refractivity contribution in [1.82, 2.24) is 10.3 Å². The zero-order valence-electron chi connectivity index (χ0n) is 9.33. The SMILES string of the molecule is O=C(NCC1CCC(Cl)C1)c1cncc(Br)c1. The molecule has 1 saturated carbocycles. The summed E-state index contributed by atoms with van der Waals surface area (Å²) in [6.07, 6.45) is 6.38. The van der Waals surface area contributed by atoms with E-state index in [0.717, 1.165) is 23.7 Å². The molecule has 17 heavy (non-hydrogen) atoms. The van der Waals surface area contributed by atoms with Crippen molar-refractivity contribution in [2.45, 2.75) is 24.6 Å². The van der Waals surface area contributed by atoms with Crippen molar-refractivity contribution < 1.29 is 4.79 Å². The highest BCUT2D eigenvalue weighted by Crippen LogP contribution is 2.28. The second-order valence-corrected chi connectivity index (χ2v) is 5.91. The normalized spacial score (nSPS) is 23.6. The minimum absolute atomic E-state index is 0.0724. The molecule has 1 amide bonds. The van der Waals surface area contributed by atoms with Crippen LogP contribution in [0.2, 0.25) is 0 Å². The largest absolute Gasteiger partial charge is 0.352 e. The lowest BCUT2D eigenvalue weighted by Gasteiger charge is -2.10. The molecule has 0 bridgehead atoms. The van der Waals surface area contributed by atoms with Gasteiger partial charge >= 0.3 is 0 Å². The third-order valence-electron chi connectivity index (χ3n) is 3.00. The first-order valence-electron chi connectivity index (χ1n) is 5.68. The van der Waals surface area contributed by atoms with Gasteiger partial charge < -0.3 is 5.32 Å². The van der Waals surface area contributed by atoms with Crippen molar-refractivity contribution in [1.29, 1.82) is 0 Å². The maximum absolute atomic E-state index is 11.8. The number of halogens is 2. The molecule has 3 nitrogen and oxygen atoms in total. The van der Waals surface area contributed by atoms with Gasteiger partial charge in [-0.3, -0.25) is 9.78 Å². The Labute approximate surface area is 114 Å². The fourth-order valence-corrected chi connectivity index (χ4v) is 2.82. The van der Waals surface area contributed by atoms with Crippen LogP contribution in [0.15, 0.2) is 22.9 Å². The molecule has 2 unspecified atom stereocenters. The lowest BCUT2D eigenvalue weighted by atomic mass is 10.1. The molecule has 1 aliphatic carbocycles. The second kappa shape index (κ2) is 5.83. The molecule has 1 aliphatic rings. The molecule has 92 valence electrons. The molecule has 0 spiro atoms. The van der Waals surface area contributed by atoms with Gasteiger partial charge in [0.1, 0.15) is 0 Å². The minimum atomic E-state index is -0.0724. The van der Waals surface area contributed by atoms with Crippen LogP contribution in [0.1, 0.15) is 29.6 Å². The number of carbonyl (C=O) groups excluding carboxylic acids is 1. The van der Waals surface area contributed by atoms with Crippen LogP contribution in [0.25, 0.3) is 0 Å². The summed E-state index contributed by atoms with van der Waals surface area (Å²) in [6.45, 7) is 0.703.